The van der Waals surface area contributed by atoms with Crippen LogP contribution in [0, 0.1) is 0 Å². The normalized spacial score (nSPS) is 16.8. The second-order valence-corrected chi connectivity index (χ2v) is 12.0. The van der Waals surface area contributed by atoms with E-state index in [1.807, 2.05) is 35.9 Å². The zero-order valence-corrected chi connectivity index (χ0v) is 26.4. The average Bonchev–Trinajstić information content (AvgIpc) is 3.41. The molecule has 0 unspecified atom stereocenters. The highest BCUT2D eigenvalue weighted by Gasteiger charge is 2.34. The van der Waals surface area contributed by atoms with Crippen molar-refractivity contribution in [3.63, 3.8) is 0 Å². The topological polar surface area (TPSA) is 137 Å². The summed E-state index contributed by atoms with van der Waals surface area (Å²) in [5, 5.41) is 9.12. The van der Waals surface area contributed by atoms with Crippen LogP contribution in [0.5, 0.6) is 5.75 Å². The van der Waals surface area contributed by atoms with Crippen LogP contribution in [-0.4, -0.2) is 57.9 Å². The van der Waals surface area contributed by atoms with Crippen molar-refractivity contribution in [3.8, 4) is 17.0 Å². The minimum absolute atomic E-state index is 0.0674. The predicted octanol–water partition coefficient (Wildman–Crippen LogP) is 5.23. The lowest BCUT2D eigenvalue weighted by atomic mass is 9.92. The van der Waals surface area contributed by atoms with Crippen molar-refractivity contribution in [2.75, 3.05) is 30.4 Å². The molecule has 4 aromatic rings. The molecule has 0 bridgehead atoms. The van der Waals surface area contributed by atoms with E-state index < -0.39 is 17.6 Å². The van der Waals surface area contributed by atoms with Crippen LogP contribution in [-0.2, 0) is 30.9 Å². The van der Waals surface area contributed by atoms with Crippen LogP contribution >= 0.6 is 0 Å². The number of rotatable bonds is 12. The summed E-state index contributed by atoms with van der Waals surface area (Å²) < 4.78 is 48.2. The molecular formula is C33H41F3N8O2. The zero-order valence-electron chi connectivity index (χ0n) is 26.4. The van der Waals surface area contributed by atoms with E-state index in [2.05, 4.69) is 34.5 Å². The molecule has 246 valence electrons. The third-order valence-electron chi connectivity index (χ3n) is 8.42. The van der Waals surface area contributed by atoms with Gasteiger partial charge in [0.2, 0.25) is 11.9 Å². The largest absolute Gasteiger partial charge is 0.493 e. The molecule has 1 fully saturated rings. The smallest absolute Gasteiger partial charge is 0.419 e. The number of anilines is 2. The van der Waals surface area contributed by atoms with E-state index in [4.69, 9.17) is 21.2 Å². The number of nitrogens with zero attached hydrogens (tertiary/aromatic N) is 5. The summed E-state index contributed by atoms with van der Waals surface area (Å²) in [6.07, 6.45) is 2.25. The third-order valence-corrected chi connectivity index (χ3v) is 8.42. The van der Waals surface area contributed by atoms with Crippen LogP contribution in [0.15, 0.2) is 42.6 Å². The van der Waals surface area contributed by atoms with Crippen LogP contribution in [0.2, 0.25) is 0 Å². The number of benzene rings is 2. The summed E-state index contributed by atoms with van der Waals surface area (Å²) in [5.74, 6) is 0.381. The van der Waals surface area contributed by atoms with Gasteiger partial charge < -0.3 is 26.4 Å². The molecule has 10 nitrogen and oxygen atoms in total. The molecule has 46 heavy (non-hydrogen) atoms. The minimum atomic E-state index is -4.63. The maximum absolute atomic E-state index is 13.6. The summed E-state index contributed by atoms with van der Waals surface area (Å²) >= 11 is 0. The fourth-order valence-corrected chi connectivity index (χ4v) is 5.90. The van der Waals surface area contributed by atoms with Gasteiger partial charge in [-0.05, 0) is 73.9 Å². The van der Waals surface area contributed by atoms with Gasteiger partial charge in [0.25, 0.3) is 0 Å². The van der Waals surface area contributed by atoms with Gasteiger partial charge in [-0.2, -0.15) is 18.3 Å². The fraction of sp³-hybridized carbons (Fsp3) is 0.455. The maximum atomic E-state index is 13.6. The molecule has 2 heterocycles. The molecule has 0 aliphatic heterocycles. The summed E-state index contributed by atoms with van der Waals surface area (Å²) in [6.45, 7) is 2.68. The Hall–Kier alpha value is -4.39. The van der Waals surface area contributed by atoms with Gasteiger partial charge >= 0.3 is 6.18 Å². The number of carbonyl (C=O) groups is 1. The molecule has 5 N–H and O–H groups in total. The lowest BCUT2D eigenvalue weighted by molar-refractivity contribution is -0.139. The van der Waals surface area contributed by atoms with Crippen LogP contribution < -0.4 is 26.4 Å². The highest BCUT2D eigenvalue weighted by atomic mass is 19.4. The third kappa shape index (κ3) is 7.87. The van der Waals surface area contributed by atoms with Crippen molar-refractivity contribution in [3.05, 3.63) is 59.3 Å². The molecule has 1 saturated carbocycles. The Morgan fingerprint density at radius 3 is 2.61 bits per heavy atom. The second kappa shape index (κ2) is 13.9. The Bertz CT molecular complexity index is 1680. The number of nitrogens with one attached hydrogen (secondary N) is 1. The Labute approximate surface area is 266 Å². The molecule has 2 aromatic heterocycles. The van der Waals surface area contributed by atoms with Crippen LogP contribution in [0.4, 0.5) is 24.9 Å². The molecule has 13 heteroatoms. The molecular weight excluding hydrogens is 597 g/mol. The Kier molecular flexibility index (Phi) is 10.00. The monoisotopic (exact) mass is 638 g/mol. The van der Waals surface area contributed by atoms with Gasteiger partial charge in [-0.15, -0.1) is 0 Å². The molecule has 1 amide bonds. The van der Waals surface area contributed by atoms with Gasteiger partial charge in [0.1, 0.15) is 5.75 Å². The number of hydrogen-bond acceptors (Lipinski definition) is 8. The lowest BCUT2D eigenvalue weighted by Crippen LogP contribution is -2.33. The highest BCUT2D eigenvalue weighted by Crippen LogP contribution is 2.37. The van der Waals surface area contributed by atoms with Gasteiger partial charge in [0.15, 0.2) is 5.82 Å². The number of alkyl halides is 3. The van der Waals surface area contributed by atoms with Crippen molar-refractivity contribution in [1.29, 1.82) is 0 Å². The first kappa shape index (κ1) is 33.0. The molecule has 0 saturated heterocycles. The maximum Gasteiger partial charge on any atom is 0.419 e. The molecule has 1 aliphatic rings. The lowest BCUT2D eigenvalue weighted by Gasteiger charge is -2.26. The van der Waals surface area contributed by atoms with Gasteiger partial charge in [0.05, 0.1) is 29.8 Å². The number of carbonyl (C=O) groups excluding carboxylic acids is 1. The fourth-order valence-electron chi connectivity index (χ4n) is 5.90. The Morgan fingerprint density at radius 2 is 1.91 bits per heavy atom. The number of aromatic nitrogens is 4. The Balaban J connectivity index is 1.24. The minimum Gasteiger partial charge on any atom is -0.493 e. The SMILES string of the molecule is CCc1cc(-c2cc(N(C)CCCOc3ccc(CC(N)=O)cc3C(F)(F)F)nn2C)cc2cnc(NC3CCC(N)CC3)nc12. The van der Waals surface area contributed by atoms with Gasteiger partial charge in [-0.3, -0.25) is 9.48 Å². The van der Waals surface area contributed by atoms with Gasteiger partial charge in [-0.1, -0.05) is 13.0 Å². The van der Waals surface area contributed by atoms with Crippen molar-refractivity contribution in [2.45, 2.75) is 70.1 Å². The van der Waals surface area contributed by atoms with Crippen molar-refractivity contribution < 1.29 is 22.7 Å². The van der Waals surface area contributed by atoms with Crippen LogP contribution in [0.25, 0.3) is 22.2 Å². The van der Waals surface area contributed by atoms with Crippen LogP contribution in [0.1, 0.15) is 55.7 Å². The van der Waals surface area contributed by atoms with Gasteiger partial charge in [0, 0.05) is 55.9 Å². The first-order valence-electron chi connectivity index (χ1n) is 15.6. The molecule has 0 radical (unpaired) electrons. The number of aryl methyl sites for hydroxylation is 2. The first-order valence-corrected chi connectivity index (χ1v) is 15.6. The predicted molar refractivity (Wildman–Crippen MR) is 173 cm³/mol. The summed E-state index contributed by atoms with van der Waals surface area (Å²) in [6, 6.07) is 10.4. The number of amides is 1. The van der Waals surface area contributed by atoms with E-state index in [1.165, 1.54) is 12.1 Å². The van der Waals surface area contributed by atoms with E-state index in [-0.39, 0.29) is 30.4 Å². The Morgan fingerprint density at radius 1 is 1.15 bits per heavy atom. The van der Waals surface area contributed by atoms with Crippen molar-refractivity contribution in [1.82, 2.24) is 19.7 Å². The molecule has 0 atom stereocenters. The number of hydrogen-bond donors (Lipinski definition) is 3. The average molecular weight is 639 g/mol. The summed E-state index contributed by atoms with van der Waals surface area (Å²) in [7, 11) is 3.76. The van der Waals surface area contributed by atoms with Crippen molar-refractivity contribution >= 4 is 28.6 Å². The first-order chi connectivity index (χ1) is 21.9. The molecule has 2 aromatic carbocycles. The van der Waals surface area contributed by atoms with E-state index in [0.29, 0.717) is 25.0 Å². The standard InChI is InChI=1S/C33H41F3N8O2/c1-4-21-16-22(17-23-19-39-32(41-31(21)23)40-25-9-7-24(37)8-10-25)27-18-30(42-44(27)3)43(2)12-5-13-46-28-11-6-20(15-29(38)45)14-26(28)33(34,35)36/h6,11,14,16-19,24-25H,4-5,7-10,12-13,15,37H2,1-3H3,(H2,38,45)(H,39,40,41). The number of nitrogens with two attached hydrogens (primary N) is 2. The number of fused-ring (bicyclic) bond motifs is 1. The highest BCUT2D eigenvalue weighted by molar-refractivity contribution is 5.87. The van der Waals surface area contributed by atoms with E-state index >= 15 is 0 Å². The van der Waals surface area contributed by atoms with E-state index in [9.17, 15) is 18.0 Å². The zero-order chi connectivity index (χ0) is 33.0. The number of ether oxygens (including phenoxy) is 1. The van der Waals surface area contributed by atoms with Crippen LogP contribution in [0.3, 0.4) is 0 Å². The second-order valence-electron chi connectivity index (χ2n) is 12.0. The summed E-state index contributed by atoms with van der Waals surface area (Å²) in [5.41, 5.74) is 14.4. The molecule has 5 rings (SSSR count). The van der Waals surface area contributed by atoms with Crippen molar-refractivity contribution in [2.24, 2.45) is 18.5 Å². The molecule has 0 spiro atoms. The van der Waals surface area contributed by atoms with E-state index in [1.54, 1.807) is 0 Å². The number of primary amides is 1. The van der Waals surface area contributed by atoms with E-state index in [0.717, 1.165) is 71.7 Å². The molecule has 1 aliphatic carbocycles. The van der Waals surface area contributed by atoms with Gasteiger partial charge in [-0.25, -0.2) is 9.97 Å². The quantitative estimate of drug-likeness (QED) is 0.180. The number of halogens is 3. The summed E-state index contributed by atoms with van der Waals surface area (Å²) in [4.78, 5) is 22.6.